The van der Waals surface area contributed by atoms with Crippen molar-refractivity contribution in [2.24, 2.45) is 0 Å². The number of hydrogen-bond acceptors (Lipinski definition) is 4. The van der Waals surface area contributed by atoms with Crippen molar-refractivity contribution in [3.63, 3.8) is 0 Å². The Balaban J connectivity index is 3.25. The van der Waals surface area contributed by atoms with Gasteiger partial charge in [0.25, 0.3) is 0 Å². The Labute approximate surface area is 73.9 Å². The summed E-state index contributed by atoms with van der Waals surface area (Å²) in [5.41, 5.74) is 0. The molecule has 0 aromatic heterocycles. The first-order valence-corrected chi connectivity index (χ1v) is 5.30. The Morgan fingerprint density at radius 2 is 2.00 bits per heavy atom. The monoisotopic (exact) mass is 194 g/mol. The van der Waals surface area contributed by atoms with Crippen molar-refractivity contribution in [1.29, 1.82) is 0 Å². The summed E-state index contributed by atoms with van der Waals surface area (Å²) >= 11 is 0. The van der Waals surface area contributed by atoms with E-state index >= 15 is 0 Å². The molecule has 0 aliphatic carbocycles. The van der Waals surface area contributed by atoms with Gasteiger partial charge in [-0.05, 0) is 19.8 Å². The summed E-state index contributed by atoms with van der Waals surface area (Å²) in [6.07, 6.45) is 1.44. The van der Waals surface area contributed by atoms with E-state index in [4.69, 9.17) is 0 Å². The molecule has 0 spiro atoms. The summed E-state index contributed by atoms with van der Waals surface area (Å²) in [5.74, 6) is -0.0898. The summed E-state index contributed by atoms with van der Waals surface area (Å²) in [7, 11) is -2.29. The number of carbonyl (C=O) groups is 1. The van der Waals surface area contributed by atoms with Gasteiger partial charge in [-0.3, -0.25) is 4.79 Å². The number of thiol groups is 1. The molecule has 5 heteroatoms. The number of esters is 1. The van der Waals surface area contributed by atoms with Gasteiger partial charge < -0.3 is 4.74 Å². The fourth-order valence-corrected chi connectivity index (χ4v) is 1.23. The van der Waals surface area contributed by atoms with E-state index in [2.05, 4.69) is 4.74 Å². The highest BCUT2D eigenvalue weighted by Gasteiger charge is 2.00. The molecular formula is C7H14O4S. The minimum absolute atomic E-state index is 0.161. The fourth-order valence-electron chi connectivity index (χ4n) is 0.743. The van der Waals surface area contributed by atoms with E-state index < -0.39 is 10.7 Å². The minimum atomic E-state index is -2.29. The van der Waals surface area contributed by atoms with E-state index in [1.807, 2.05) is 0 Å². The van der Waals surface area contributed by atoms with Crippen LogP contribution in [0.15, 0.2) is 0 Å². The second-order valence-electron chi connectivity index (χ2n) is 2.32. The highest BCUT2D eigenvalue weighted by molar-refractivity contribution is 7.72. The van der Waals surface area contributed by atoms with E-state index in [1.165, 1.54) is 0 Å². The van der Waals surface area contributed by atoms with E-state index in [-0.39, 0.29) is 11.7 Å². The van der Waals surface area contributed by atoms with Crippen LogP contribution < -0.4 is 0 Å². The number of rotatable bonds is 6. The molecule has 0 rings (SSSR count). The summed E-state index contributed by atoms with van der Waals surface area (Å²) in [4.78, 5) is 10.7. The topological polar surface area (TPSA) is 60.4 Å². The smallest absolute Gasteiger partial charge is 0.305 e. The minimum Gasteiger partial charge on any atom is -0.466 e. The van der Waals surface area contributed by atoms with Gasteiger partial charge in [0.05, 0.1) is 6.61 Å². The normalized spacial score (nSPS) is 10.2. The molecule has 0 bridgehead atoms. The van der Waals surface area contributed by atoms with E-state index in [1.54, 1.807) is 6.92 Å². The van der Waals surface area contributed by atoms with Gasteiger partial charge in [0.1, 0.15) is 10.7 Å². The molecule has 0 N–H and O–H groups in total. The van der Waals surface area contributed by atoms with E-state index in [0.717, 1.165) is 0 Å². The predicted molar refractivity (Wildman–Crippen MR) is 45.7 cm³/mol. The summed E-state index contributed by atoms with van der Waals surface area (Å²) < 4.78 is 24.8. The van der Waals surface area contributed by atoms with Crippen LogP contribution in [0.3, 0.4) is 0 Å². The first kappa shape index (κ1) is 11.4. The Hall–Kier alpha value is -0.580. The van der Waals surface area contributed by atoms with Gasteiger partial charge in [0.15, 0.2) is 0 Å². The molecule has 72 valence electrons. The molecule has 4 nitrogen and oxygen atoms in total. The van der Waals surface area contributed by atoms with Crippen LogP contribution in [0, 0.1) is 0 Å². The Morgan fingerprint density at radius 1 is 1.33 bits per heavy atom. The fraction of sp³-hybridized carbons (Fsp3) is 0.857. The van der Waals surface area contributed by atoms with Crippen molar-refractivity contribution in [3.8, 4) is 0 Å². The van der Waals surface area contributed by atoms with Gasteiger partial charge in [-0.2, -0.15) is 0 Å². The molecule has 0 aromatic carbocycles. The van der Waals surface area contributed by atoms with Crippen LogP contribution >= 0.6 is 0 Å². The lowest BCUT2D eigenvalue weighted by Gasteiger charge is -1.99. The molecule has 0 heterocycles. The van der Waals surface area contributed by atoms with Crippen LogP contribution in [0.1, 0.15) is 26.2 Å². The van der Waals surface area contributed by atoms with Crippen molar-refractivity contribution in [2.45, 2.75) is 26.2 Å². The SMILES string of the molecule is CCOC(=O)CCCC[SH](=O)=O. The third kappa shape index (κ3) is 7.53. The number of hydrogen-bond donors (Lipinski definition) is 1. The zero-order chi connectivity index (χ0) is 9.40. The van der Waals surface area contributed by atoms with Crippen LogP contribution in [0.2, 0.25) is 0 Å². The zero-order valence-corrected chi connectivity index (χ0v) is 8.01. The van der Waals surface area contributed by atoms with Crippen LogP contribution in [0.4, 0.5) is 0 Å². The van der Waals surface area contributed by atoms with Gasteiger partial charge >= 0.3 is 5.97 Å². The summed E-state index contributed by atoms with van der Waals surface area (Å²) in [6.45, 7) is 2.13. The van der Waals surface area contributed by atoms with Gasteiger partial charge in [-0.25, -0.2) is 8.42 Å². The molecule has 0 saturated heterocycles. The van der Waals surface area contributed by atoms with Crippen LogP contribution in [0.25, 0.3) is 0 Å². The van der Waals surface area contributed by atoms with Crippen LogP contribution in [0.5, 0.6) is 0 Å². The Morgan fingerprint density at radius 3 is 2.50 bits per heavy atom. The first-order chi connectivity index (χ1) is 5.66. The molecule has 0 aliphatic rings. The average molecular weight is 194 g/mol. The largest absolute Gasteiger partial charge is 0.466 e. The standard InChI is InChI=1S/C7H14O4S/c1-2-11-7(8)5-3-4-6-12(9)10/h12H,2-6H2,1H3. The lowest BCUT2D eigenvalue weighted by Crippen LogP contribution is -2.03. The molecule has 0 aliphatic heterocycles. The maximum atomic E-state index is 10.7. The zero-order valence-electron chi connectivity index (χ0n) is 7.12. The quantitative estimate of drug-likeness (QED) is 0.376. The maximum Gasteiger partial charge on any atom is 0.305 e. The molecular weight excluding hydrogens is 180 g/mol. The van der Waals surface area contributed by atoms with Gasteiger partial charge in [0, 0.05) is 12.2 Å². The van der Waals surface area contributed by atoms with E-state index in [9.17, 15) is 13.2 Å². The van der Waals surface area contributed by atoms with Gasteiger partial charge in [-0.15, -0.1) is 0 Å². The summed E-state index contributed by atoms with van der Waals surface area (Å²) in [5, 5.41) is 0. The average Bonchev–Trinajstić information content (AvgIpc) is 1.98. The molecule has 0 fully saturated rings. The van der Waals surface area contributed by atoms with Gasteiger partial charge in [0.2, 0.25) is 0 Å². The van der Waals surface area contributed by atoms with E-state index in [0.29, 0.717) is 25.9 Å². The lowest BCUT2D eigenvalue weighted by atomic mass is 10.2. The molecule has 0 amide bonds. The van der Waals surface area contributed by atoms with Crippen LogP contribution in [-0.4, -0.2) is 26.7 Å². The maximum absolute atomic E-state index is 10.7. The van der Waals surface area contributed by atoms with Crippen molar-refractivity contribution >= 4 is 16.7 Å². The molecule has 12 heavy (non-hydrogen) atoms. The molecule has 0 aromatic rings. The van der Waals surface area contributed by atoms with Crippen LogP contribution in [-0.2, 0) is 20.2 Å². The van der Waals surface area contributed by atoms with Crippen molar-refractivity contribution < 1.29 is 17.9 Å². The highest BCUT2D eigenvalue weighted by atomic mass is 32.2. The molecule has 0 unspecified atom stereocenters. The highest BCUT2D eigenvalue weighted by Crippen LogP contribution is 1.97. The third-order valence-electron chi connectivity index (χ3n) is 1.28. The third-order valence-corrected chi connectivity index (χ3v) is 1.96. The Bertz CT molecular complexity index is 190. The van der Waals surface area contributed by atoms with Gasteiger partial charge in [-0.1, -0.05) is 0 Å². The van der Waals surface area contributed by atoms with Crippen molar-refractivity contribution in [2.75, 3.05) is 12.4 Å². The molecule has 0 atom stereocenters. The Kier molecular flexibility index (Phi) is 6.75. The number of carbonyl (C=O) groups excluding carboxylic acids is 1. The van der Waals surface area contributed by atoms with Crippen molar-refractivity contribution in [3.05, 3.63) is 0 Å². The number of unbranched alkanes of at least 4 members (excludes halogenated alkanes) is 1. The second-order valence-corrected chi connectivity index (χ2v) is 3.43. The van der Waals surface area contributed by atoms with Crippen molar-refractivity contribution in [1.82, 2.24) is 0 Å². The summed E-state index contributed by atoms with van der Waals surface area (Å²) in [6, 6.07) is 0. The molecule has 0 radical (unpaired) electrons. The molecule has 0 saturated carbocycles. The number of ether oxygens (including phenoxy) is 1. The second kappa shape index (κ2) is 7.09. The predicted octanol–water partition coefficient (Wildman–Crippen LogP) is 0.331. The first-order valence-electron chi connectivity index (χ1n) is 3.94. The lowest BCUT2D eigenvalue weighted by molar-refractivity contribution is -0.143.